The summed E-state index contributed by atoms with van der Waals surface area (Å²) < 4.78 is 11.2. The minimum atomic E-state index is 0.373. The van der Waals surface area contributed by atoms with Gasteiger partial charge in [-0.2, -0.15) is 11.8 Å². The minimum Gasteiger partial charge on any atom is -0.486 e. The zero-order valence-corrected chi connectivity index (χ0v) is 13.3. The third-order valence-electron chi connectivity index (χ3n) is 3.49. The summed E-state index contributed by atoms with van der Waals surface area (Å²) >= 11 is 2.02. The van der Waals surface area contributed by atoms with E-state index in [9.17, 15) is 0 Å². The lowest BCUT2D eigenvalue weighted by Crippen LogP contribution is -2.20. The van der Waals surface area contributed by atoms with Gasteiger partial charge in [0.05, 0.1) is 0 Å². The molecule has 1 aromatic rings. The first-order chi connectivity index (χ1) is 9.85. The molecule has 1 aliphatic rings. The molecule has 4 heteroatoms. The van der Waals surface area contributed by atoms with Crippen molar-refractivity contribution >= 4 is 11.8 Å². The van der Waals surface area contributed by atoms with E-state index in [4.69, 9.17) is 9.47 Å². The first-order valence-corrected chi connectivity index (χ1v) is 8.65. The first kappa shape index (κ1) is 15.5. The average molecular weight is 295 g/mol. The molecule has 2 rings (SSSR count). The highest BCUT2D eigenvalue weighted by Crippen LogP contribution is 2.33. The van der Waals surface area contributed by atoms with Crippen molar-refractivity contribution in [2.75, 3.05) is 31.8 Å². The van der Waals surface area contributed by atoms with Crippen molar-refractivity contribution < 1.29 is 9.47 Å². The lowest BCUT2D eigenvalue weighted by Gasteiger charge is -2.22. The molecule has 112 valence electrons. The standard InChI is InChI=1S/C16H25NO2S/c1-3-4-5-10-20-12-14(17-2)13-6-7-15-16(11-13)19-9-8-18-15/h6-7,11,14,17H,3-5,8-10,12H2,1-2H3. The molecule has 0 aromatic heterocycles. The molecule has 1 aromatic carbocycles. The second kappa shape index (κ2) is 8.42. The Morgan fingerprint density at radius 3 is 2.75 bits per heavy atom. The number of hydrogen-bond donors (Lipinski definition) is 1. The van der Waals surface area contributed by atoms with Crippen LogP contribution in [0.2, 0.25) is 0 Å². The maximum Gasteiger partial charge on any atom is 0.161 e. The van der Waals surface area contributed by atoms with Gasteiger partial charge in [0.25, 0.3) is 0 Å². The summed E-state index contributed by atoms with van der Waals surface area (Å²) in [6.45, 7) is 3.54. The monoisotopic (exact) mass is 295 g/mol. The number of rotatable bonds is 8. The normalized spacial score (nSPS) is 15.1. The fourth-order valence-corrected chi connectivity index (χ4v) is 3.45. The van der Waals surface area contributed by atoms with E-state index in [2.05, 4.69) is 24.4 Å². The van der Waals surface area contributed by atoms with Crippen molar-refractivity contribution in [3.05, 3.63) is 23.8 Å². The Morgan fingerprint density at radius 1 is 1.20 bits per heavy atom. The van der Waals surface area contributed by atoms with Crippen LogP contribution in [0.4, 0.5) is 0 Å². The van der Waals surface area contributed by atoms with Crippen molar-refractivity contribution in [1.29, 1.82) is 0 Å². The van der Waals surface area contributed by atoms with E-state index >= 15 is 0 Å². The van der Waals surface area contributed by atoms with E-state index in [0.717, 1.165) is 17.3 Å². The van der Waals surface area contributed by atoms with Crippen LogP contribution in [-0.4, -0.2) is 31.8 Å². The molecule has 1 heterocycles. The quantitative estimate of drug-likeness (QED) is 0.742. The van der Waals surface area contributed by atoms with Gasteiger partial charge in [-0.3, -0.25) is 0 Å². The van der Waals surface area contributed by atoms with Crippen LogP contribution in [0.15, 0.2) is 18.2 Å². The Hall–Kier alpha value is -0.870. The number of unbranched alkanes of at least 4 members (excludes halogenated alkanes) is 2. The number of thioether (sulfide) groups is 1. The Morgan fingerprint density at radius 2 is 2.00 bits per heavy atom. The lowest BCUT2D eigenvalue weighted by atomic mass is 10.1. The maximum atomic E-state index is 5.66. The zero-order valence-electron chi connectivity index (χ0n) is 12.5. The lowest BCUT2D eigenvalue weighted by molar-refractivity contribution is 0.171. The maximum absolute atomic E-state index is 5.66. The number of ether oxygens (including phenoxy) is 2. The van der Waals surface area contributed by atoms with Crippen LogP contribution in [0.1, 0.15) is 37.8 Å². The first-order valence-electron chi connectivity index (χ1n) is 7.49. The number of fused-ring (bicyclic) bond motifs is 1. The van der Waals surface area contributed by atoms with E-state index in [1.54, 1.807) is 0 Å². The van der Waals surface area contributed by atoms with Crippen LogP contribution in [0.3, 0.4) is 0 Å². The molecule has 0 amide bonds. The van der Waals surface area contributed by atoms with Crippen LogP contribution in [0, 0.1) is 0 Å². The van der Waals surface area contributed by atoms with Crippen LogP contribution in [0.25, 0.3) is 0 Å². The minimum absolute atomic E-state index is 0.373. The largest absolute Gasteiger partial charge is 0.486 e. The van der Waals surface area contributed by atoms with Crippen molar-refractivity contribution in [1.82, 2.24) is 5.32 Å². The molecule has 0 bridgehead atoms. The Balaban J connectivity index is 1.90. The number of hydrogen-bond acceptors (Lipinski definition) is 4. The third kappa shape index (κ3) is 4.32. The highest BCUT2D eigenvalue weighted by molar-refractivity contribution is 7.99. The summed E-state index contributed by atoms with van der Waals surface area (Å²) in [5.41, 5.74) is 1.28. The molecule has 3 nitrogen and oxygen atoms in total. The summed E-state index contributed by atoms with van der Waals surface area (Å²) in [6, 6.07) is 6.65. The van der Waals surface area contributed by atoms with Crippen molar-refractivity contribution in [3.8, 4) is 11.5 Å². The van der Waals surface area contributed by atoms with Crippen LogP contribution >= 0.6 is 11.8 Å². The Labute approximate surface area is 126 Å². The molecule has 0 saturated heterocycles. The molecular formula is C16H25NO2S. The van der Waals surface area contributed by atoms with Gasteiger partial charge < -0.3 is 14.8 Å². The molecule has 0 aliphatic carbocycles. The summed E-state index contributed by atoms with van der Waals surface area (Å²) in [6.07, 6.45) is 3.94. The van der Waals surface area contributed by atoms with Crippen LogP contribution in [0.5, 0.6) is 11.5 Å². The molecule has 1 atom stereocenters. The Kier molecular flexibility index (Phi) is 6.54. The van der Waals surface area contributed by atoms with Crippen molar-refractivity contribution in [3.63, 3.8) is 0 Å². The highest BCUT2D eigenvalue weighted by atomic mass is 32.2. The highest BCUT2D eigenvalue weighted by Gasteiger charge is 2.15. The fourth-order valence-electron chi connectivity index (χ4n) is 2.28. The van der Waals surface area contributed by atoms with Gasteiger partial charge in [-0.1, -0.05) is 25.8 Å². The van der Waals surface area contributed by atoms with E-state index in [1.165, 1.54) is 30.6 Å². The van der Waals surface area contributed by atoms with Gasteiger partial charge in [-0.25, -0.2) is 0 Å². The van der Waals surface area contributed by atoms with Crippen LogP contribution < -0.4 is 14.8 Å². The van der Waals surface area contributed by atoms with Crippen LogP contribution in [-0.2, 0) is 0 Å². The summed E-state index contributed by atoms with van der Waals surface area (Å²) in [7, 11) is 2.02. The second-order valence-corrected chi connectivity index (χ2v) is 6.18. The summed E-state index contributed by atoms with van der Waals surface area (Å²) in [5.74, 6) is 4.09. The number of benzene rings is 1. The zero-order chi connectivity index (χ0) is 14.2. The van der Waals surface area contributed by atoms with Crippen molar-refractivity contribution in [2.24, 2.45) is 0 Å². The third-order valence-corrected chi connectivity index (χ3v) is 4.64. The van der Waals surface area contributed by atoms with Gasteiger partial charge >= 0.3 is 0 Å². The molecule has 0 fully saturated rings. The SMILES string of the molecule is CCCCCSCC(NC)c1ccc2c(c1)OCCO2. The average Bonchev–Trinajstić information content (AvgIpc) is 2.50. The van der Waals surface area contributed by atoms with E-state index in [-0.39, 0.29) is 0 Å². The van der Waals surface area contributed by atoms with E-state index < -0.39 is 0 Å². The smallest absolute Gasteiger partial charge is 0.161 e. The molecule has 1 unspecified atom stereocenters. The topological polar surface area (TPSA) is 30.5 Å². The molecule has 0 radical (unpaired) electrons. The van der Waals surface area contributed by atoms with Gasteiger partial charge in [-0.05, 0) is 36.9 Å². The molecule has 20 heavy (non-hydrogen) atoms. The van der Waals surface area contributed by atoms with Gasteiger partial charge in [0.2, 0.25) is 0 Å². The van der Waals surface area contributed by atoms with E-state index in [0.29, 0.717) is 19.3 Å². The predicted octanol–water partition coefficient (Wildman–Crippen LogP) is 3.64. The van der Waals surface area contributed by atoms with Gasteiger partial charge in [0, 0.05) is 11.8 Å². The van der Waals surface area contributed by atoms with E-state index in [1.807, 2.05) is 24.9 Å². The number of nitrogens with one attached hydrogen (secondary N) is 1. The molecule has 1 aliphatic heterocycles. The summed E-state index contributed by atoms with van der Waals surface area (Å²) in [4.78, 5) is 0. The predicted molar refractivity (Wildman–Crippen MR) is 86.1 cm³/mol. The molecule has 0 saturated carbocycles. The Bertz CT molecular complexity index is 411. The second-order valence-electron chi connectivity index (χ2n) is 5.03. The molecular weight excluding hydrogens is 270 g/mol. The van der Waals surface area contributed by atoms with Crippen molar-refractivity contribution in [2.45, 2.75) is 32.2 Å². The van der Waals surface area contributed by atoms with Gasteiger partial charge in [-0.15, -0.1) is 0 Å². The van der Waals surface area contributed by atoms with Gasteiger partial charge in [0.1, 0.15) is 13.2 Å². The molecule has 1 N–H and O–H groups in total. The fraction of sp³-hybridized carbons (Fsp3) is 0.625. The van der Waals surface area contributed by atoms with Gasteiger partial charge in [0.15, 0.2) is 11.5 Å². The summed E-state index contributed by atoms with van der Waals surface area (Å²) in [5, 5.41) is 3.40. The molecule has 0 spiro atoms.